The number of nitrogens with zero attached hydrogens (tertiary/aromatic N) is 2. The van der Waals surface area contributed by atoms with Crippen molar-refractivity contribution in [2.75, 3.05) is 5.32 Å². The van der Waals surface area contributed by atoms with Gasteiger partial charge in [0.15, 0.2) is 0 Å². The van der Waals surface area contributed by atoms with Gasteiger partial charge in [0, 0.05) is 23.0 Å². The van der Waals surface area contributed by atoms with E-state index in [0.717, 1.165) is 37.9 Å². The summed E-state index contributed by atoms with van der Waals surface area (Å²) in [7, 11) is 0. The molecule has 1 amide bonds. The molecule has 1 atom stereocenters. The molecular formula is C18H14F6N4OS. The Labute approximate surface area is 170 Å². The van der Waals surface area contributed by atoms with E-state index in [4.69, 9.17) is 0 Å². The van der Waals surface area contributed by atoms with Crippen LogP contribution in [0.4, 0.5) is 32.0 Å². The number of carbonyl (C=O) groups is 1. The summed E-state index contributed by atoms with van der Waals surface area (Å²) in [6, 6.07) is 5.95. The van der Waals surface area contributed by atoms with Crippen molar-refractivity contribution in [1.82, 2.24) is 10.4 Å². The smallest absolute Gasteiger partial charge is 0.323 e. The maximum absolute atomic E-state index is 13.6. The first-order valence-corrected chi connectivity index (χ1v) is 9.18. The predicted molar refractivity (Wildman–Crippen MR) is 99.5 cm³/mol. The van der Waals surface area contributed by atoms with Crippen LogP contribution in [0.3, 0.4) is 0 Å². The van der Waals surface area contributed by atoms with Gasteiger partial charge in [-0.15, -0.1) is 0 Å². The van der Waals surface area contributed by atoms with Crippen molar-refractivity contribution in [2.24, 2.45) is 5.10 Å². The van der Waals surface area contributed by atoms with E-state index >= 15 is 0 Å². The highest BCUT2D eigenvalue weighted by Crippen LogP contribution is 2.48. The van der Waals surface area contributed by atoms with Crippen LogP contribution in [0.15, 0.2) is 41.6 Å². The number of benzene rings is 1. The third-order valence-electron chi connectivity index (χ3n) is 3.79. The summed E-state index contributed by atoms with van der Waals surface area (Å²) in [6.45, 7) is 1.71. The first-order valence-electron chi connectivity index (χ1n) is 8.36. The molecule has 1 unspecified atom stereocenters. The number of amides is 1. The molecule has 2 aromatic rings. The van der Waals surface area contributed by atoms with Crippen LogP contribution in [0.1, 0.15) is 30.7 Å². The SMILES string of the molecule is CC(C)(F)F.O=C1Nc2ccc(F)cc2C12NN=C(c1ccc(C(F)(F)F)nc1)S2. The lowest BCUT2D eigenvalue weighted by Gasteiger charge is -2.19. The first kappa shape index (κ1) is 21.9. The number of halogens is 6. The number of rotatable bonds is 1. The zero-order valence-corrected chi connectivity index (χ0v) is 16.3. The number of pyridine rings is 1. The lowest BCUT2D eigenvalue weighted by Crippen LogP contribution is -2.39. The Hall–Kier alpha value is -2.76. The van der Waals surface area contributed by atoms with Crippen LogP contribution >= 0.6 is 11.8 Å². The van der Waals surface area contributed by atoms with E-state index in [-0.39, 0.29) is 5.04 Å². The summed E-state index contributed by atoms with van der Waals surface area (Å²) in [5, 5.41) is 6.95. The van der Waals surface area contributed by atoms with Crippen LogP contribution in [0, 0.1) is 5.82 Å². The van der Waals surface area contributed by atoms with Crippen molar-refractivity contribution in [3.05, 3.63) is 59.2 Å². The van der Waals surface area contributed by atoms with E-state index in [1.807, 2.05) is 0 Å². The Kier molecular flexibility index (Phi) is 5.48. The van der Waals surface area contributed by atoms with Crippen molar-refractivity contribution in [2.45, 2.75) is 30.8 Å². The maximum Gasteiger partial charge on any atom is 0.433 e. The zero-order chi connectivity index (χ0) is 22.3. The normalized spacial score (nSPS) is 20.1. The number of anilines is 1. The molecule has 0 radical (unpaired) electrons. The number of carbonyl (C=O) groups excluding carboxylic acids is 1. The van der Waals surface area contributed by atoms with E-state index < -0.39 is 34.4 Å². The molecule has 2 aliphatic heterocycles. The molecule has 3 heterocycles. The van der Waals surface area contributed by atoms with E-state index in [0.29, 0.717) is 16.8 Å². The van der Waals surface area contributed by atoms with Crippen LogP contribution < -0.4 is 10.7 Å². The van der Waals surface area contributed by atoms with E-state index in [9.17, 15) is 31.1 Å². The maximum atomic E-state index is 13.6. The zero-order valence-electron chi connectivity index (χ0n) is 15.4. The second-order valence-electron chi connectivity index (χ2n) is 6.71. The minimum atomic E-state index is -4.54. The van der Waals surface area contributed by atoms with Gasteiger partial charge in [0.1, 0.15) is 16.6 Å². The summed E-state index contributed by atoms with van der Waals surface area (Å²) < 4.78 is 73.4. The number of hydrogen-bond donors (Lipinski definition) is 2. The summed E-state index contributed by atoms with van der Waals surface area (Å²) in [6.07, 6.45) is -3.50. The number of nitrogens with one attached hydrogen (secondary N) is 2. The van der Waals surface area contributed by atoms with Crippen molar-refractivity contribution in [3.63, 3.8) is 0 Å². The third kappa shape index (κ3) is 4.53. The van der Waals surface area contributed by atoms with Crippen molar-refractivity contribution >= 4 is 28.4 Å². The minimum absolute atomic E-state index is 0.286. The van der Waals surface area contributed by atoms with Gasteiger partial charge >= 0.3 is 6.18 Å². The number of hydrogen-bond acceptors (Lipinski definition) is 5. The van der Waals surface area contributed by atoms with Crippen molar-refractivity contribution in [1.29, 1.82) is 0 Å². The quantitative estimate of drug-likeness (QED) is 0.621. The van der Waals surface area contributed by atoms with Gasteiger partial charge in [-0.2, -0.15) is 18.3 Å². The molecule has 0 saturated carbocycles. The Morgan fingerprint density at radius 1 is 1.07 bits per heavy atom. The molecule has 5 nitrogen and oxygen atoms in total. The predicted octanol–water partition coefficient (Wildman–Crippen LogP) is 4.70. The number of thioether (sulfide) groups is 1. The van der Waals surface area contributed by atoms with E-state index in [1.165, 1.54) is 24.3 Å². The molecule has 1 aromatic heterocycles. The van der Waals surface area contributed by atoms with Crippen LogP contribution in [-0.2, 0) is 15.8 Å². The number of aromatic nitrogens is 1. The van der Waals surface area contributed by atoms with E-state index in [1.54, 1.807) is 0 Å². The lowest BCUT2D eigenvalue weighted by atomic mass is 10.1. The van der Waals surface area contributed by atoms with Gasteiger partial charge in [-0.05, 0) is 44.2 Å². The average molecular weight is 448 g/mol. The summed E-state index contributed by atoms with van der Waals surface area (Å²) >= 11 is 0.985. The molecule has 1 spiro atoms. The highest BCUT2D eigenvalue weighted by Gasteiger charge is 2.52. The van der Waals surface area contributed by atoms with Crippen molar-refractivity contribution in [3.8, 4) is 0 Å². The molecule has 0 saturated heterocycles. The topological polar surface area (TPSA) is 66.4 Å². The second kappa shape index (κ2) is 7.49. The monoisotopic (exact) mass is 448 g/mol. The lowest BCUT2D eigenvalue weighted by molar-refractivity contribution is -0.141. The molecule has 30 heavy (non-hydrogen) atoms. The number of alkyl halides is 5. The Balaban J connectivity index is 0.000000461. The standard InChI is InChI=1S/C15H8F4N4OS.C3H6F2/c16-8-2-3-10-9(5-8)14(13(24)21-10)23-22-12(25-14)7-1-4-11(20-6-7)15(17,18)19;1-3(2,4)5/h1-6,23H,(H,21,24);1-2H3. The second-order valence-corrected chi connectivity index (χ2v) is 7.92. The largest absolute Gasteiger partial charge is 0.433 e. The molecule has 0 fully saturated rings. The molecular weight excluding hydrogens is 434 g/mol. The first-order chi connectivity index (χ1) is 13.8. The summed E-state index contributed by atoms with van der Waals surface area (Å²) in [5.41, 5.74) is 2.81. The van der Waals surface area contributed by atoms with Crippen LogP contribution in [0.5, 0.6) is 0 Å². The Bertz CT molecular complexity index is 997. The van der Waals surface area contributed by atoms with Crippen LogP contribution in [0.2, 0.25) is 0 Å². The number of hydrazone groups is 1. The molecule has 2 N–H and O–H groups in total. The fraction of sp³-hybridized carbons (Fsp3) is 0.278. The molecule has 12 heteroatoms. The number of fused-ring (bicyclic) bond motifs is 2. The molecule has 160 valence electrons. The third-order valence-corrected chi connectivity index (χ3v) is 5.12. The van der Waals surface area contributed by atoms with Gasteiger partial charge in [0.25, 0.3) is 5.91 Å². The Morgan fingerprint density at radius 3 is 2.30 bits per heavy atom. The molecule has 0 aliphatic carbocycles. The fourth-order valence-corrected chi connectivity index (χ4v) is 3.73. The van der Waals surface area contributed by atoms with Crippen LogP contribution in [0.25, 0.3) is 0 Å². The van der Waals surface area contributed by atoms with Gasteiger partial charge in [-0.3, -0.25) is 15.2 Å². The van der Waals surface area contributed by atoms with Gasteiger partial charge in [0.2, 0.25) is 10.8 Å². The molecule has 2 aliphatic rings. The highest BCUT2D eigenvalue weighted by atomic mass is 32.2. The molecule has 1 aromatic carbocycles. The summed E-state index contributed by atoms with van der Waals surface area (Å²) in [5.74, 6) is -3.45. The van der Waals surface area contributed by atoms with Gasteiger partial charge in [-0.1, -0.05) is 11.8 Å². The highest BCUT2D eigenvalue weighted by molar-refractivity contribution is 8.16. The summed E-state index contributed by atoms with van der Waals surface area (Å²) in [4.78, 5) is 14.4. The van der Waals surface area contributed by atoms with Gasteiger partial charge < -0.3 is 5.32 Å². The van der Waals surface area contributed by atoms with Gasteiger partial charge in [0.05, 0.1) is 0 Å². The average Bonchev–Trinajstić information content (AvgIpc) is 3.17. The van der Waals surface area contributed by atoms with Crippen LogP contribution in [-0.4, -0.2) is 21.9 Å². The minimum Gasteiger partial charge on any atom is -0.323 e. The Morgan fingerprint density at radius 2 is 1.73 bits per heavy atom. The fourth-order valence-electron chi connectivity index (χ4n) is 2.59. The van der Waals surface area contributed by atoms with E-state index in [2.05, 4.69) is 20.8 Å². The van der Waals surface area contributed by atoms with Crippen molar-refractivity contribution < 1.29 is 31.1 Å². The molecule has 4 rings (SSSR count). The molecule has 0 bridgehead atoms. The van der Waals surface area contributed by atoms with Gasteiger partial charge in [-0.25, -0.2) is 13.2 Å².